The topological polar surface area (TPSA) is 72.5 Å². The third kappa shape index (κ3) is 3.50. The maximum Gasteiger partial charge on any atom is 0.337 e. The maximum absolute atomic E-state index is 11.4. The van der Waals surface area contributed by atoms with E-state index in [1.807, 2.05) is 13.0 Å². The predicted molar refractivity (Wildman–Crippen MR) is 77.8 cm³/mol. The van der Waals surface area contributed by atoms with Crippen molar-refractivity contribution in [3.63, 3.8) is 0 Å². The first-order chi connectivity index (χ1) is 9.41. The number of nitrogens with one attached hydrogen (secondary N) is 1. The minimum atomic E-state index is -2.84. The zero-order valence-corrected chi connectivity index (χ0v) is 12.5. The Morgan fingerprint density at radius 2 is 1.95 bits per heavy atom. The molecule has 0 bridgehead atoms. The van der Waals surface area contributed by atoms with E-state index in [-0.39, 0.29) is 23.5 Å². The number of anilines is 1. The number of hydrogen-bond acceptors (Lipinski definition) is 5. The molecule has 1 saturated heterocycles. The van der Waals surface area contributed by atoms with E-state index in [1.54, 1.807) is 12.1 Å². The quantitative estimate of drug-likeness (QED) is 0.861. The molecule has 0 unspecified atom stereocenters. The van der Waals surface area contributed by atoms with Crippen molar-refractivity contribution in [2.45, 2.75) is 25.8 Å². The molecule has 1 aromatic carbocycles. The van der Waals surface area contributed by atoms with Gasteiger partial charge in [-0.15, -0.1) is 0 Å². The smallest absolute Gasteiger partial charge is 0.337 e. The lowest BCUT2D eigenvalue weighted by molar-refractivity contribution is 0.0600. The number of carbonyl (C=O) groups excluding carboxylic acids is 1. The van der Waals surface area contributed by atoms with Gasteiger partial charge in [-0.25, -0.2) is 13.2 Å². The number of esters is 1. The maximum atomic E-state index is 11.4. The van der Waals surface area contributed by atoms with E-state index in [0.717, 1.165) is 11.3 Å². The first kappa shape index (κ1) is 14.8. The van der Waals surface area contributed by atoms with Gasteiger partial charge in [-0.2, -0.15) is 0 Å². The van der Waals surface area contributed by atoms with Crippen LogP contribution >= 0.6 is 0 Å². The van der Waals surface area contributed by atoms with E-state index < -0.39 is 9.84 Å². The Morgan fingerprint density at radius 3 is 2.50 bits per heavy atom. The fourth-order valence-corrected chi connectivity index (χ4v) is 3.82. The summed E-state index contributed by atoms with van der Waals surface area (Å²) in [6, 6.07) is 5.49. The third-order valence-electron chi connectivity index (χ3n) is 3.56. The molecular weight excluding hydrogens is 278 g/mol. The summed E-state index contributed by atoms with van der Waals surface area (Å²) in [5.41, 5.74) is 2.39. The summed E-state index contributed by atoms with van der Waals surface area (Å²) < 4.78 is 27.5. The first-order valence-corrected chi connectivity index (χ1v) is 8.39. The van der Waals surface area contributed by atoms with Crippen LogP contribution in [-0.2, 0) is 14.6 Å². The molecule has 20 heavy (non-hydrogen) atoms. The zero-order chi connectivity index (χ0) is 14.8. The molecule has 0 spiro atoms. The standard InChI is InChI=1S/C14H19NO4S/c1-10-9-11(14(16)19-2)3-4-13(10)15-12-5-7-20(17,18)8-6-12/h3-4,9,12,15H,5-8H2,1-2H3. The van der Waals surface area contributed by atoms with E-state index in [9.17, 15) is 13.2 Å². The zero-order valence-electron chi connectivity index (χ0n) is 11.7. The number of hydrogen-bond donors (Lipinski definition) is 1. The van der Waals surface area contributed by atoms with Crippen LogP contribution in [0.2, 0.25) is 0 Å². The van der Waals surface area contributed by atoms with Crippen LogP contribution < -0.4 is 5.32 Å². The lowest BCUT2D eigenvalue weighted by atomic mass is 10.1. The SMILES string of the molecule is COC(=O)c1ccc(NC2CCS(=O)(=O)CC2)c(C)c1. The second-order valence-corrected chi connectivity index (χ2v) is 7.40. The van der Waals surface area contributed by atoms with Crippen molar-refractivity contribution >= 4 is 21.5 Å². The lowest BCUT2D eigenvalue weighted by Crippen LogP contribution is -2.32. The number of ether oxygens (including phenoxy) is 1. The third-order valence-corrected chi connectivity index (χ3v) is 5.28. The van der Waals surface area contributed by atoms with Crippen molar-refractivity contribution in [2.75, 3.05) is 23.9 Å². The summed E-state index contributed by atoms with van der Waals surface area (Å²) in [4.78, 5) is 11.4. The van der Waals surface area contributed by atoms with E-state index in [2.05, 4.69) is 10.1 Å². The van der Waals surface area contributed by atoms with E-state index >= 15 is 0 Å². The lowest BCUT2D eigenvalue weighted by Gasteiger charge is -2.25. The molecule has 6 heteroatoms. The van der Waals surface area contributed by atoms with Crippen molar-refractivity contribution < 1.29 is 17.9 Å². The van der Waals surface area contributed by atoms with Crippen LogP contribution in [0.4, 0.5) is 5.69 Å². The number of methoxy groups -OCH3 is 1. The van der Waals surface area contributed by atoms with Crippen molar-refractivity contribution in [1.82, 2.24) is 0 Å². The molecule has 0 amide bonds. The molecule has 1 N–H and O–H groups in total. The predicted octanol–water partition coefficient (Wildman–Crippen LogP) is 1.77. The van der Waals surface area contributed by atoms with Crippen molar-refractivity contribution in [3.8, 4) is 0 Å². The van der Waals surface area contributed by atoms with Gasteiger partial charge in [-0.1, -0.05) is 0 Å². The minimum Gasteiger partial charge on any atom is -0.465 e. The molecule has 1 aromatic rings. The van der Waals surface area contributed by atoms with Crippen LogP contribution in [0.15, 0.2) is 18.2 Å². The summed E-state index contributed by atoms with van der Waals surface area (Å²) >= 11 is 0. The summed E-state index contributed by atoms with van der Waals surface area (Å²) in [5.74, 6) is 0.122. The van der Waals surface area contributed by atoms with Crippen molar-refractivity contribution in [1.29, 1.82) is 0 Å². The van der Waals surface area contributed by atoms with Gasteiger partial charge in [0.15, 0.2) is 0 Å². The highest BCUT2D eigenvalue weighted by Gasteiger charge is 2.23. The van der Waals surface area contributed by atoms with Gasteiger partial charge in [-0.3, -0.25) is 0 Å². The van der Waals surface area contributed by atoms with Gasteiger partial charge in [-0.05, 0) is 43.5 Å². The number of benzene rings is 1. The monoisotopic (exact) mass is 297 g/mol. The molecule has 1 heterocycles. The molecule has 2 rings (SSSR count). The van der Waals surface area contributed by atoms with E-state index in [0.29, 0.717) is 18.4 Å². The number of sulfone groups is 1. The van der Waals surface area contributed by atoms with Crippen LogP contribution in [0.25, 0.3) is 0 Å². The molecule has 0 atom stereocenters. The Balaban J connectivity index is 2.05. The fourth-order valence-electron chi connectivity index (χ4n) is 2.32. The van der Waals surface area contributed by atoms with E-state index in [1.165, 1.54) is 7.11 Å². The van der Waals surface area contributed by atoms with Gasteiger partial charge < -0.3 is 10.1 Å². The van der Waals surface area contributed by atoms with Crippen molar-refractivity contribution in [3.05, 3.63) is 29.3 Å². The molecule has 110 valence electrons. The minimum absolute atomic E-state index is 0.168. The van der Waals surface area contributed by atoms with Gasteiger partial charge in [0, 0.05) is 11.7 Å². The highest BCUT2D eigenvalue weighted by atomic mass is 32.2. The Hall–Kier alpha value is -1.56. The van der Waals surface area contributed by atoms with Crippen LogP contribution in [0.5, 0.6) is 0 Å². The van der Waals surface area contributed by atoms with Crippen LogP contribution in [0, 0.1) is 6.92 Å². The Bertz CT molecular complexity index is 596. The van der Waals surface area contributed by atoms with Crippen LogP contribution in [0.3, 0.4) is 0 Å². The Morgan fingerprint density at radius 1 is 1.30 bits per heavy atom. The Labute approximate surface area is 119 Å². The van der Waals surface area contributed by atoms with Gasteiger partial charge in [0.05, 0.1) is 24.2 Å². The molecule has 1 aliphatic heterocycles. The van der Waals surface area contributed by atoms with Gasteiger partial charge in [0.1, 0.15) is 9.84 Å². The number of rotatable bonds is 3. The van der Waals surface area contributed by atoms with Gasteiger partial charge in [0.25, 0.3) is 0 Å². The van der Waals surface area contributed by atoms with E-state index in [4.69, 9.17) is 0 Å². The summed E-state index contributed by atoms with van der Waals surface area (Å²) in [6.07, 6.45) is 1.25. The summed E-state index contributed by atoms with van der Waals surface area (Å²) in [5, 5.41) is 3.35. The number of aryl methyl sites for hydroxylation is 1. The second kappa shape index (κ2) is 5.83. The average Bonchev–Trinajstić information content (AvgIpc) is 2.42. The highest BCUT2D eigenvalue weighted by molar-refractivity contribution is 7.91. The van der Waals surface area contributed by atoms with Gasteiger partial charge >= 0.3 is 5.97 Å². The summed E-state index contributed by atoms with van der Waals surface area (Å²) in [6.45, 7) is 1.91. The van der Waals surface area contributed by atoms with Gasteiger partial charge in [0.2, 0.25) is 0 Å². The molecule has 1 fully saturated rings. The molecule has 0 saturated carbocycles. The normalized spacial score (nSPS) is 18.5. The largest absolute Gasteiger partial charge is 0.465 e. The highest BCUT2D eigenvalue weighted by Crippen LogP contribution is 2.22. The molecular formula is C14H19NO4S. The molecule has 0 aliphatic carbocycles. The molecule has 0 radical (unpaired) electrons. The molecule has 1 aliphatic rings. The van der Waals surface area contributed by atoms with Crippen LogP contribution in [0.1, 0.15) is 28.8 Å². The second-order valence-electron chi connectivity index (χ2n) is 5.09. The Kier molecular flexibility index (Phi) is 4.32. The van der Waals surface area contributed by atoms with Crippen molar-refractivity contribution in [2.24, 2.45) is 0 Å². The number of carbonyl (C=O) groups is 1. The average molecular weight is 297 g/mol. The summed E-state index contributed by atoms with van der Waals surface area (Å²) in [7, 11) is -1.49. The van der Waals surface area contributed by atoms with Crippen LogP contribution in [-0.4, -0.2) is 39.0 Å². The molecule has 0 aromatic heterocycles. The first-order valence-electron chi connectivity index (χ1n) is 6.57. The fraction of sp³-hybridized carbons (Fsp3) is 0.500. The molecule has 5 nitrogen and oxygen atoms in total.